The Morgan fingerprint density at radius 3 is 2.38 bits per heavy atom. The summed E-state index contributed by atoms with van der Waals surface area (Å²) < 4.78 is 5.53. The van der Waals surface area contributed by atoms with Crippen molar-refractivity contribution in [2.75, 3.05) is 25.0 Å². The third kappa shape index (κ3) is 3.88. The van der Waals surface area contributed by atoms with Gasteiger partial charge in [0, 0.05) is 30.9 Å². The highest BCUT2D eigenvalue weighted by Gasteiger charge is 2.37. The Bertz CT molecular complexity index is 686. The van der Waals surface area contributed by atoms with Crippen LogP contribution in [0.4, 0.5) is 5.69 Å². The number of anilines is 1. The van der Waals surface area contributed by atoms with Gasteiger partial charge in [-0.25, -0.2) is 0 Å². The minimum atomic E-state index is -0.794. The third-order valence-corrected chi connectivity index (χ3v) is 5.22. The molecular weight excluding hydrogens is 336 g/mol. The predicted octanol–water partition coefficient (Wildman–Crippen LogP) is 2.13. The van der Waals surface area contributed by atoms with Crippen molar-refractivity contribution in [3.63, 3.8) is 0 Å². The molecule has 140 valence electrons. The maximum absolute atomic E-state index is 12.5. The number of nitrogens with zero attached hydrogens (tertiary/aromatic N) is 1. The fourth-order valence-electron chi connectivity index (χ4n) is 3.43. The maximum atomic E-state index is 12.5. The molecule has 0 bridgehead atoms. The number of carboxylic acids is 1. The number of nitrogens with one attached hydrogen (secondary N) is 1. The van der Waals surface area contributed by atoms with Crippen LogP contribution in [0.5, 0.6) is 0 Å². The van der Waals surface area contributed by atoms with Crippen LogP contribution < -0.4 is 5.32 Å². The van der Waals surface area contributed by atoms with Gasteiger partial charge in [0.1, 0.15) is 5.60 Å². The number of carbonyl (C=O) groups excluding carboxylic acids is 2. The molecule has 2 heterocycles. The molecule has 1 aromatic carbocycles. The van der Waals surface area contributed by atoms with Gasteiger partial charge in [0.25, 0.3) is 11.8 Å². The summed E-state index contributed by atoms with van der Waals surface area (Å²) in [5, 5.41) is 11.9. The second-order valence-electron chi connectivity index (χ2n) is 7.12. The average molecular weight is 360 g/mol. The Morgan fingerprint density at radius 2 is 1.85 bits per heavy atom. The highest BCUT2D eigenvalue weighted by atomic mass is 16.5. The van der Waals surface area contributed by atoms with E-state index in [0.29, 0.717) is 50.2 Å². The fourth-order valence-corrected chi connectivity index (χ4v) is 3.43. The Morgan fingerprint density at radius 1 is 1.19 bits per heavy atom. The van der Waals surface area contributed by atoms with Gasteiger partial charge in [-0.2, -0.15) is 0 Å². The summed E-state index contributed by atoms with van der Waals surface area (Å²) >= 11 is 0. The largest absolute Gasteiger partial charge is 0.481 e. The van der Waals surface area contributed by atoms with Crippen LogP contribution in [0.25, 0.3) is 0 Å². The molecule has 0 radical (unpaired) electrons. The molecule has 26 heavy (non-hydrogen) atoms. The maximum Gasteiger partial charge on any atom is 0.306 e. The number of hydrogen-bond donors (Lipinski definition) is 2. The van der Waals surface area contributed by atoms with E-state index < -0.39 is 11.6 Å². The van der Waals surface area contributed by atoms with E-state index in [4.69, 9.17) is 9.84 Å². The number of rotatable bonds is 4. The molecule has 1 unspecified atom stereocenters. The van der Waals surface area contributed by atoms with Crippen LogP contribution in [-0.4, -0.2) is 53.1 Å². The summed E-state index contributed by atoms with van der Waals surface area (Å²) in [6, 6.07) is 6.76. The highest BCUT2D eigenvalue weighted by molar-refractivity contribution is 5.98. The summed E-state index contributed by atoms with van der Waals surface area (Å²) in [5.74, 6) is -1.45. The standard InChI is InChI=1S/C19H24N2O5/c1-19(9-2-12-26-19)18(25)20-15-5-3-13(4-6-15)16(22)21-10-7-14(8-11-21)17(23)24/h3-6,14H,2,7-12H2,1H3,(H,20,25)(H,23,24). The second-order valence-corrected chi connectivity index (χ2v) is 7.12. The molecule has 2 saturated heterocycles. The molecule has 3 rings (SSSR count). The number of hydrogen-bond acceptors (Lipinski definition) is 4. The van der Waals surface area contributed by atoms with Crippen molar-refractivity contribution in [1.82, 2.24) is 4.90 Å². The molecule has 0 aliphatic carbocycles. The molecule has 0 aromatic heterocycles. The SMILES string of the molecule is CC1(C(=O)Nc2ccc(C(=O)N3CCC(C(=O)O)CC3)cc2)CCCO1. The van der Waals surface area contributed by atoms with Crippen molar-refractivity contribution in [1.29, 1.82) is 0 Å². The summed E-state index contributed by atoms with van der Waals surface area (Å²) in [5.41, 5.74) is 0.358. The van der Waals surface area contributed by atoms with Gasteiger partial charge in [-0.3, -0.25) is 14.4 Å². The highest BCUT2D eigenvalue weighted by Crippen LogP contribution is 2.27. The molecular formula is C19H24N2O5. The smallest absolute Gasteiger partial charge is 0.306 e. The monoisotopic (exact) mass is 360 g/mol. The predicted molar refractivity (Wildman–Crippen MR) is 94.9 cm³/mol. The summed E-state index contributed by atoms with van der Waals surface area (Å²) in [7, 11) is 0. The first kappa shape index (κ1) is 18.4. The van der Waals surface area contributed by atoms with Gasteiger partial charge in [-0.15, -0.1) is 0 Å². The molecule has 2 N–H and O–H groups in total. The van der Waals surface area contributed by atoms with Crippen LogP contribution in [0.15, 0.2) is 24.3 Å². The molecule has 2 amide bonds. The summed E-state index contributed by atoms with van der Waals surface area (Å²) in [6.07, 6.45) is 2.53. The molecule has 7 nitrogen and oxygen atoms in total. The summed E-state index contributed by atoms with van der Waals surface area (Å²) in [6.45, 7) is 3.28. The van der Waals surface area contributed by atoms with Gasteiger partial charge in [0.2, 0.25) is 0 Å². The molecule has 7 heteroatoms. The first-order valence-electron chi connectivity index (χ1n) is 8.96. The van der Waals surface area contributed by atoms with E-state index in [1.165, 1.54) is 0 Å². The zero-order valence-corrected chi connectivity index (χ0v) is 14.9. The van der Waals surface area contributed by atoms with Gasteiger partial charge in [-0.1, -0.05) is 0 Å². The molecule has 2 fully saturated rings. The Labute approximate surface area is 152 Å². The lowest BCUT2D eigenvalue weighted by molar-refractivity contribution is -0.143. The lowest BCUT2D eigenvalue weighted by Gasteiger charge is -2.30. The quantitative estimate of drug-likeness (QED) is 0.857. The number of benzene rings is 1. The van der Waals surface area contributed by atoms with E-state index in [-0.39, 0.29) is 17.7 Å². The number of amides is 2. The van der Waals surface area contributed by atoms with E-state index in [1.807, 2.05) is 0 Å². The van der Waals surface area contributed by atoms with E-state index in [9.17, 15) is 14.4 Å². The molecule has 2 aliphatic heterocycles. The third-order valence-electron chi connectivity index (χ3n) is 5.22. The van der Waals surface area contributed by atoms with E-state index in [2.05, 4.69) is 5.32 Å². The molecule has 2 aliphatic rings. The summed E-state index contributed by atoms with van der Waals surface area (Å²) in [4.78, 5) is 37.5. The number of piperidine rings is 1. The molecule has 0 saturated carbocycles. The number of carbonyl (C=O) groups is 3. The lowest BCUT2D eigenvalue weighted by atomic mass is 9.96. The van der Waals surface area contributed by atoms with Crippen LogP contribution in [0.1, 0.15) is 43.0 Å². The van der Waals surface area contributed by atoms with Crippen molar-refractivity contribution in [3.8, 4) is 0 Å². The van der Waals surface area contributed by atoms with Crippen molar-refractivity contribution in [2.45, 2.75) is 38.2 Å². The second kappa shape index (κ2) is 7.45. The van der Waals surface area contributed by atoms with Gasteiger partial charge in [-0.05, 0) is 56.9 Å². The van der Waals surface area contributed by atoms with Crippen LogP contribution in [0.3, 0.4) is 0 Å². The van der Waals surface area contributed by atoms with E-state index >= 15 is 0 Å². The average Bonchev–Trinajstić information content (AvgIpc) is 3.10. The molecule has 1 aromatic rings. The number of carboxylic acid groups (broad SMARTS) is 1. The minimum absolute atomic E-state index is 0.113. The van der Waals surface area contributed by atoms with Gasteiger partial charge in [0.05, 0.1) is 5.92 Å². The number of likely N-dealkylation sites (tertiary alicyclic amines) is 1. The fraction of sp³-hybridized carbons (Fsp3) is 0.526. The molecule has 0 spiro atoms. The minimum Gasteiger partial charge on any atom is -0.481 e. The Balaban J connectivity index is 1.58. The van der Waals surface area contributed by atoms with Crippen LogP contribution in [0.2, 0.25) is 0 Å². The van der Waals surface area contributed by atoms with E-state index in [1.54, 1.807) is 36.1 Å². The van der Waals surface area contributed by atoms with Crippen LogP contribution in [0, 0.1) is 5.92 Å². The molecule has 1 atom stereocenters. The Kier molecular flexibility index (Phi) is 5.27. The van der Waals surface area contributed by atoms with Gasteiger partial charge < -0.3 is 20.1 Å². The topological polar surface area (TPSA) is 95.9 Å². The van der Waals surface area contributed by atoms with Gasteiger partial charge in [0.15, 0.2) is 0 Å². The van der Waals surface area contributed by atoms with E-state index in [0.717, 1.165) is 6.42 Å². The first-order valence-corrected chi connectivity index (χ1v) is 8.96. The zero-order chi connectivity index (χ0) is 18.7. The lowest BCUT2D eigenvalue weighted by Crippen LogP contribution is -2.40. The van der Waals surface area contributed by atoms with Crippen LogP contribution in [-0.2, 0) is 14.3 Å². The van der Waals surface area contributed by atoms with Crippen molar-refractivity contribution < 1.29 is 24.2 Å². The van der Waals surface area contributed by atoms with Crippen molar-refractivity contribution in [2.24, 2.45) is 5.92 Å². The zero-order valence-electron chi connectivity index (χ0n) is 14.9. The first-order chi connectivity index (χ1) is 12.4. The van der Waals surface area contributed by atoms with Crippen LogP contribution >= 0.6 is 0 Å². The number of aliphatic carboxylic acids is 1. The van der Waals surface area contributed by atoms with Gasteiger partial charge >= 0.3 is 5.97 Å². The van der Waals surface area contributed by atoms with Crippen molar-refractivity contribution in [3.05, 3.63) is 29.8 Å². The number of ether oxygens (including phenoxy) is 1. The normalized spacial score (nSPS) is 23.7. The van der Waals surface area contributed by atoms with Crippen molar-refractivity contribution >= 4 is 23.5 Å². The Hall–Kier alpha value is -2.41.